The van der Waals surface area contributed by atoms with Gasteiger partial charge in [-0.15, -0.1) is 0 Å². The number of benzene rings is 1. The van der Waals surface area contributed by atoms with Crippen molar-refractivity contribution < 1.29 is 4.92 Å². The molecule has 106 valence electrons. The molecule has 0 aliphatic carbocycles. The minimum Gasteiger partial charge on any atom is -0.369 e. The van der Waals surface area contributed by atoms with Gasteiger partial charge in [-0.1, -0.05) is 29.8 Å². The Kier molecular flexibility index (Phi) is 5.79. The quantitative estimate of drug-likeness (QED) is 0.442. The van der Waals surface area contributed by atoms with Gasteiger partial charge in [0.05, 0.1) is 4.92 Å². The second-order valence-electron chi connectivity index (χ2n) is 5.34. The summed E-state index contributed by atoms with van der Waals surface area (Å²) in [5.41, 5.74) is 1.94. The van der Waals surface area contributed by atoms with E-state index in [1.54, 1.807) is 6.07 Å². The molecule has 0 bridgehead atoms. The van der Waals surface area contributed by atoms with E-state index in [0.29, 0.717) is 17.3 Å². The molecule has 0 aliphatic rings. The van der Waals surface area contributed by atoms with Gasteiger partial charge >= 0.3 is 0 Å². The number of nitro groups is 1. The van der Waals surface area contributed by atoms with Crippen molar-refractivity contribution >= 4 is 27.3 Å². The normalized spacial score (nSPS) is 11.1. The molecule has 0 saturated carbocycles. The number of rotatable bonds is 6. The van der Waals surface area contributed by atoms with Gasteiger partial charge in [0, 0.05) is 35.2 Å². The molecule has 1 aromatic carbocycles. The van der Waals surface area contributed by atoms with E-state index in [1.807, 2.05) is 12.1 Å². The molecule has 0 saturated heterocycles. The molecule has 0 radical (unpaired) electrons. The Balaban J connectivity index is 3.14. The lowest BCUT2D eigenvalue weighted by atomic mass is 10.1. The second-order valence-corrected chi connectivity index (χ2v) is 5.90. The number of nitro benzene ring substituents is 1. The number of halogens is 1. The Labute approximate surface area is 123 Å². The van der Waals surface area contributed by atoms with Crippen LogP contribution in [0.15, 0.2) is 18.2 Å². The van der Waals surface area contributed by atoms with E-state index in [0.717, 1.165) is 17.8 Å². The largest absolute Gasteiger partial charge is 0.369 e. The predicted octanol–water partition coefficient (Wildman–Crippen LogP) is 4.36. The molecule has 0 aliphatic heterocycles. The van der Waals surface area contributed by atoms with Crippen LogP contribution in [0.4, 0.5) is 11.4 Å². The summed E-state index contributed by atoms with van der Waals surface area (Å²) in [6.45, 7) is 9.56. The Morgan fingerprint density at radius 3 is 2.37 bits per heavy atom. The third kappa shape index (κ3) is 4.20. The van der Waals surface area contributed by atoms with Crippen molar-refractivity contribution in [2.24, 2.45) is 5.92 Å². The highest BCUT2D eigenvalue weighted by Gasteiger charge is 2.17. The second kappa shape index (κ2) is 6.89. The molecule has 0 heterocycles. The molecule has 19 heavy (non-hydrogen) atoms. The summed E-state index contributed by atoms with van der Waals surface area (Å²) in [4.78, 5) is 12.9. The van der Waals surface area contributed by atoms with Crippen LogP contribution >= 0.6 is 15.9 Å². The number of alkyl halides is 1. The Hall–Kier alpha value is -1.10. The Bertz CT molecular complexity index is 447. The van der Waals surface area contributed by atoms with Gasteiger partial charge in [0.25, 0.3) is 5.69 Å². The van der Waals surface area contributed by atoms with Crippen LogP contribution in [0.1, 0.15) is 33.3 Å². The van der Waals surface area contributed by atoms with Crippen LogP contribution in [-0.2, 0) is 5.33 Å². The van der Waals surface area contributed by atoms with Gasteiger partial charge in [-0.2, -0.15) is 0 Å². The van der Waals surface area contributed by atoms with Crippen LogP contribution < -0.4 is 4.90 Å². The van der Waals surface area contributed by atoms with Gasteiger partial charge in [-0.3, -0.25) is 10.1 Å². The van der Waals surface area contributed by atoms with Gasteiger partial charge < -0.3 is 4.90 Å². The zero-order valence-electron chi connectivity index (χ0n) is 11.9. The molecule has 0 fully saturated rings. The summed E-state index contributed by atoms with van der Waals surface area (Å²) < 4.78 is 0. The SMILES string of the molecule is CC(C)CN(c1ccc([N+](=O)[O-])c(CBr)c1)C(C)C. The van der Waals surface area contributed by atoms with Crippen LogP contribution in [0.2, 0.25) is 0 Å². The monoisotopic (exact) mass is 328 g/mol. The number of nitrogens with zero attached hydrogens (tertiary/aromatic N) is 2. The number of anilines is 1. The van der Waals surface area contributed by atoms with Gasteiger partial charge in [0.2, 0.25) is 0 Å². The first kappa shape index (κ1) is 16.0. The van der Waals surface area contributed by atoms with E-state index < -0.39 is 0 Å². The Morgan fingerprint density at radius 2 is 1.95 bits per heavy atom. The van der Waals surface area contributed by atoms with Gasteiger partial charge in [0.1, 0.15) is 0 Å². The predicted molar refractivity (Wildman–Crippen MR) is 83.0 cm³/mol. The fourth-order valence-electron chi connectivity index (χ4n) is 2.04. The number of hydrogen-bond acceptors (Lipinski definition) is 3. The molecule has 0 N–H and O–H groups in total. The van der Waals surface area contributed by atoms with Crippen molar-refractivity contribution in [2.75, 3.05) is 11.4 Å². The molecule has 0 amide bonds. The van der Waals surface area contributed by atoms with Crippen molar-refractivity contribution in [1.29, 1.82) is 0 Å². The summed E-state index contributed by atoms with van der Waals surface area (Å²) in [5.74, 6) is 0.546. The molecule has 0 aromatic heterocycles. The fourth-order valence-corrected chi connectivity index (χ4v) is 2.49. The maximum atomic E-state index is 10.9. The van der Waals surface area contributed by atoms with E-state index in [1.165, 1.54) is 0 Å². The van der Waals surface area contributed by atoms with E-state index in [4.69, 9.17) is 0 Å². The van der Waals surface area contributed by atoms with Crippen molar-refractivity contribution in [3.8, 4) is 0 Å². The average Bonchev–Trinajstić information content (AvgIpc) is 2.34. The molecule has 0 spiro atoms. The first-order valence-corrected chi connectivity index (χ1v) is 7.58. The topological polar surface area (TPSA) is 46.4 Å². The molecular formula is C14H21BrN2O2. The average molecular weight is 329 g/mol. The zero-order chi connectivity index (χ0) is 14.6. The highest BCUT2D eigenvalue weighted by Crippen LogP contribution is 2.28. The van der Waals surface area contributed by atoms with Crippen LogP contribution in [-0.4, -0.2) is 17.5 Å². The van der Waals surface area contributed by atoms with E-state index in [-0.39, 0.29) is 10.6 Å². The van der Waals surface area contributed by atoms with Crippen LogP contribution in [0.5, 0.6) is 0 Å². The van der Waals surface area contributed by atoms with E-state index in [9.17, 15) is 10.1 Å². The summed E-state index contributed by atoms with van der Waals surface area (Å²) in [6.07, 6.45) is 0. The maximum absolute atomic E-state index is 10.9. The van der Waals surface area contributed by atoms with E-state index >= 15 is 0 Å². The van der Waals surface area contributed by atoms with Gasteiger partial charge in [0.15, 0.2) is 0 Å². The fraction of sp³-hybridized carbons (Fsp3) is 0.571. The van der Waals surface area contributed by atoms with Crippen LogP contribution in [0.25, 0.3) is 0 Å². The molecular weight excluding hydrogens is 308 g/mol. The maximum Gasteiger partial charge on any atom is 0.273 e. The number of hydrogen-bond donors (Lipinski definition) is 0. The van der Waals surface area contributed by atoms with Gasteiger partial charge in [-0.25, -0.2) is 0 Å². The minimum atomic E-state index is -0.331. The van der Waals surface area contributed by atoms with Gasteiger partial charge in [-0.05, 0) is 31.9 Å². The minimum absolute atomic E-state index is 0.175. The van der Waals surface area contributed by atoms with Crippen LogP contribution in [0, 0.1) is 16.0 Å². The summed E-state index contributed by atoms with van der Waals surface area (Å²) >= 11 is 3.32. The van der Waals surface area contributed by atoms with Crippen molar-refractivity contribution in [3.05, 3.63) is 33.9 Å². The Morgan fingerprint density at radius 1 is 1.32 bits per heavy atom. The lowest BCUT2D eigenvalue weighted by molar-refractivity contribution is -0.385. The first-order valence-electron chi connectivity index (χ1n) is 6.46. The first-order chi connectivity index (χ1) is 8.86. The molecule has 5 heteroatoms. The van der Waals surface area contributed by atoms with Crippen molar-refractivity contribution in [3.63, 3.8) is 0 Å². The molecule has 0 atom stereocenters. The lowest BCUT2D eigenvalue weighted by Crippen LogP contribution is -2.34. The highest BCUT2D eigenvalue weighted by atomic mass is 79.9. The van der Waals surface area contributed by atoms with Crippen LogP contribution in [0.3, 0.4) is 0 Å². The van der Waals surface area contributed by atoms with Crippen molar-refractivity contribution in [2.45, 2.75) is 39.1 Å². The zero-order valence-corrected chi connectivity index (χ0v) is 13.5. The third-order valence-electron chi connectivity index (χ3n) is 2.92. The molecule has 1 aromatic rings. The molecule has 1 rings (SSSR count). The summed E-state index contributed by atoms with van der Waals surface area (Å²) in [7, 11) is 0. The summed E-state index contributed by atoms with van der Waals surface area (Å²) in [5, 5.41) is 11.4. The smallest absolute Gasteiger partial charge is 0.273 e. The molecule has 0 unspecified atom stereocenters. The molecule has 4 nitrogen and oxygen atoms in total. The van der Waals surface area contributed by atoms with Crippen molar-refractivity contribution in [1.82, 2.24) is 0 Å². The summed E-state index contributed by atoms with van der Waals surface area (Å²) in [6, 6.07) is 5.72. The standard InChI is InChI=1S/C14H21BrN2O2/c1-10(2)9-16(11(3)4)13-5-6-14(17(18)19)12(7-13)8-15/h5-7,10-11H,8-9H2,1-4H3. The highest BCUT2D eigenvalue weighted by molar-refractivity contribution is 9.08. The van der Waals surface area contributed by atoms with E-state index in [2.05, 4.69) is 48.5 Å². The lowest BCUT2D eigenvalue weighted by Gasteiger charge is -2.31. The third-order valence-corrected chi connectivity index (χ3v) is 3.52.